The normalized spacial score (nSPS) is 11.1. The molecule has 0 bridgehead atoms. The molecule has 26 heavy (non-hydrogen) atoms. The molecule has 0 unspecified atom stereocenters. The number of anilines is 1. The molecule has 2 aromatic carbocycles. The molecular weight excluding hydrogens is 366 g/mol. The van der Waals surface area contributed by atoms with Gasteiger partial charge in [-0.15, -0.1) is 11.3 Å². The molecule has 2 aromatic heterocycles. The number of hydrogen-bond donors (Lipinski definition) is 1. The number of hydrogen-bond acceptors (Lipinski definition) is 5. The number of nitrogens with zero attached hydrogens (tertiary/aromatic N) is 2. The number of hydrazone groups is 1. The maximum atomic E-state index is 5.91. The first-order valence-corrected chi connectivity index (χ1v) is 9.19. The molecule has 4 rings (SSSR count). The van der Waals surface area contributed by atoms with Gasteiger partial charge in [0.25, 0.3) is 0 Å². The van der Waals surface area contributed by atoms with E-state index in [0.717, 1.165) is 27.7 Å². The maximum Gasteiger partial charge on any atom is 0.203 e. The standard InChI is InChI=1S/C20H14ClN3OS/c21-16-8-6-15(7-9-16)19-11-10-17(25-19)12-22-24-20-23-18(13-26-20)14-4-2-1-3-5-14/h1-13H,(H,23,24)/b22-12+. The number of thiazole rings is 1. The summed E-state index contributed by atoms with van der Waals surface area (Å²) in [7, 11) is 0. The highest BCUT2D eigenvalue weighted by Crippen LogP contribution is 2.25. The Bertz CT molecular complexity index is 1020. The lowest BCUT2D eigenvalue weighted by atomic mass is 10.2. The summed E-state index contributed by atoms with van der Waals surface area (Å²) in [6, 6.07) is 21.3. The predicted octanol–water partition coefficient (Wildman–Crippen LogP) is 6.17. The van der Waals surface area contributed by atoms with Crippen LogP contribution in [0.4, 0.5) is 5.13 Å². The van der Waals surface area contributed by atoms with Crippen LogP contribution in [-0.4, -0.2) is 11.2 Å². The van der Waals surface area contributed by atoms with Crippen LogP contribution in [0.1, 0.15) is 5.76 Å². The zero-order valence-electron chi connectivity index (χ0n) is 13.6. The fourth-order valence-corrected chi connectivity index (χ4v) is 3.20. The highest BCUT2D eigenvalue weighted by Gasteiger charge is 2.05. The Morgan fingerprint density at radius 2 is 1.77 bits per heavy atom. The van der Waals surface area contributed by atoms with E-state index in [2.05, 4.69) is 15.5 Å². The first-order chi connectivity index (χ1) is 12.8. The summed E-state index contributed by atoms with van der Waals surface area (Å²) >= 11 is 7.41. The average molecular weight is 380 g/mol. The van der Waals surface area contributed by atoms with Crippen LogP contribution in [0.25, 0.3) is 22.6 Å². The minimum Gasteiger partial charge on any atom is -0.455 e. The van der Waals surface area contributed by atoms with Crippen molar-refractivity contribution in [1.82, 2.24) is 4.98 Å². The number of furan rings is 1. The summed E-state index contributed by atoms with van der Waals surface area (Å²) in [5, 5.41) is 7.62. The van der Waals surface area contributed by atoms with Crippen molar-refractivity contribution in [2.75, 3.05) is 5.43 Å². The molecule has 0 aliphatic rings. The second-order valence-electron chi connectivity index (χ2n) is 5.48. The van der Waals surface area contributed by atoms with Crippen LogP contribution in [0.2, 0.25) is 5.02 Å². The maximum absolute atomic E-state index is 5.91. The Morgan fingerprint density at radius 3 is 2.58 bits per heavy atom. The van der Waals surface area contributed by atoms with Crippen LogP contribution in [0.3, 0.4) is 0 Å². The Balaban J connectivity index is 1.42. The average Bonchev–Trinajstić information content (AvgIpc) is 3.33. The summed E-state index contributed by atoms with van der Waals surface area (Å²) in [5.41, 5.74) is 5.92. The molecular formula is C20H14ClN3OS. The van der Waals surface area contributed by atoms with Gasteiger partial charge in [0, 0.05) is 21.5 Å². The molecule has 0 saturated carbocycles. The molecule has 1 N–H and O–H groups in total. The molecule has 0 radical (unpaired) electrons. The van der Waals surface area contributed by atoms with Gasteiger partial charge in [0.1, 0.15) is 11.5 Å². The van der Waals surface area contributed by atoms with Crippen molar-refractivity contribution >= 4 is 34.3 Å². The molecule has 4 nitrogen and oxygen atoms in total. The summed E-state index contributed by atoms with van der Waals surface area (Å²) in [4.78, 5) is 4.52. The Hall–Kier alpha value is -2.89. The largest absolute Gasteiger partial charge is 0.455 e. The Labute approximate surface area is 159 Å². The quantitative estimate of drug-likeness (QED) is 0.333. The van der Waals surface area contributed by atoms with E-state index in [0.29, 0.717) is 10.8 Å². The highest BCUT2D eigenvalue weighted by atomic mass is 35.5. The van der Waals surface area contributed by atoms with Crippen molar-refractivity contribution in [3.63, 3.8) is 0 Å². The van der Waals surface area contributed by atoms with Gasteiger partial charge in [0.15, 0.2) is 0 Å². The van der Waals surface area contributed by atoms with E-state index < -0.39 is 0 Å². The van der Waals surface area contributed by atoms with E-state index in [-0.39, 0.29) is 0 Å². The number of nitrogens with one attached hydrogen (secondary N) is 1. The topological polar surface area (TPSA) is 50.4 Å². The third kappa shape index (κ3) is 3.85. The van der Waals surface area contributed by atoms with Gasteiger partial charge in [0.05, 0.1) is 11.9 Å². The molecule has 4 aromatic rings. The van der Waals surface area contributed by atoms with E-state index in [1.165, 1.54) is 11.3 Å². The van der Waals surface area contributed by atoms with E-state index >= 15 is 0 Å². The van der Waals surface area contributed by atoms with Crippen LogP contribution in [0.5, 0.6) is 0 Å². The van der Waals surface area contributed by atoms with Crippen molar-refractivity contribution in [1.29, 1.82) is 0 Å². The predicted molar refractivity (Wildman–Crippen MR) is 108 cm³/mol. The molecule has 2 heterocycles. The molecule has 128 valence electrons. The SMILES string of the molecule is Clc1ccc(-c2ccc(/C=N/Nc3nc(-c4ccccc4)cs3)o2)cc1. The lowest BCUT2D eigenvalue weighted by Gasteiger charge is -1.96. The third-order valence-corrected chi connectivity index (χ3v) is 4.68. The molecule has 6 heteroatoms. The third-order valence-electron chi connectivity index (χ3n) is 3.68. The number of aromatic nitrogens is 1. The summed E-state index contributed by atoms with van der Waals surface area (Å²) < 4.78 is 5.77. The van der Waals surface area contributed by atoms with Crippen LogP contribution in [-0.2, 0) is 0 Å². The lowest BCUT2D eigenvalue weighted by Crippen LogP contribution is -1.89. The fraction of sp³-hybridized carbons (Fsp3) is 0. The summed E-state index contributed by atoms with van der Waals surface area (Å²) in [5.74, 6) is 1.42. The molecule has 0 amide bonds. The van der Waals surface area contributed by atoms with Gasteiger partial charge >= 0.3 is 0 Å². The Kier molecular flexibility index (Phi) is 4.82. The van der Waals surface area contributed by atoms with Crippen molar-refractivity contribution < 1.29 is 4.42 Å². The number of benzene rings is 2. The van der Waals surface area contributed by atoms with Gasteiger partial charge < -0.3 is 4.42 Å². The number of rotatable bonds is 5. The van der Waals surface area contributed by atoms with Gasteiger partial charge in [-0.2, -0.15) is 5.10 Å². The Morgan fingerprint density at radius 1 is 0.962 bits per heavy atom. The molecule has 0 spiro atoms. The van der Waals surface area contributed by atoms with E-state index in [4.69, 9.17) is 16.0 Å². The minimum atomic E-state index is 0.655. The van der Waals surface area contributed by atoms with Crippen molar-refractivity contribution in [2.24, 2.45) is 5.10 Å². The molecule has 0 fully saturated rings. The fourth-order valence-electron chi connectivity index (χ4n) is 2.41. The van der Waals surface area contributed by atoms with Crippen molar-refractivity contribution in [2.45, 2.75) is 0 Å². The summed E-state index contributed by atoms with van der Waals surface area (Å²) in [6.07, 6.45) is 1.63. The summed E-state index contributed by atoms with van der Waals surface area (Å²) in [6.45, 7) is 0. The lowest BCUT2D eigenvalue weighted by molar-refractivity contribution is 0.575. The smallest absolute Gasteiger partial charge is 0.203 e. The highest BCUT2D eigenvalue weighted by molar-refractivity contribution is 7.14. The van der Waals surface area contributed by atoms with Gasteiger partial charge in [0.2, 0.25) is 5.13 Å². The first kappa shape index (κ1) is 16.6. The van der Waals surface area contributed by atoms with Crippen LogP contribution < -0.4 is 5.43 Å². The monoisotopic (exact) mass is 379 g/mol. The van der Waals surface area contributed by atoms with Crippen molar-refractivity contribution in [3.05, 3.63) is 82.9 Å². The molecule has 0 aliphatic heterocycles. The zero-order chi connectivity index (χ0) is 17.8. The van der Waals surface area contributed by atoms with Crippen LogP contribution >= 0.6 is 22.9 Å². The van der Waals surface area contributed by atoms with Crippen LogP contribution in [0.15, 0.2) is 81.6 Å². The first-order valence-electron chi connectivity index (χ1n) is 7.94. The van der Waals surface area contributed by atoms with Gasteiger partial charge in [-0.1, -0.05) is 41.9 Å². The van der Waals surface area contributed by atoms with Crippen LogP contribution in [0, 0.1) is 0 Å². The van der Waals surface area contributed by atoms with E-state index in [1.54, 1.807) is 6.21 Å². The van der Waals surface area contributed by atoms with Gasteiger partial charge in [-0.3, -0.25) is 5.43 Å². The van der Waals surface area contributed by atoms with Gasteiger partial charge in [-0.05, 0) is 36.4 Å². The zero-order valence-corrected chi connectivity index (χ0v) is 15.2. The second-order valence-corrected chi connectivity index (χ2v) is 6.78. The van der Waals surface area contributed by atoms with E-state index in [1.807, 2.05) is 72.1 Å². The van der Waals surface area contributed by atoms with Gasteiger partial charge in [-0.25, -0.2) is 4.98 Å². The van der Waals surface area contributed by atoms with E-state index in [9.17, 15) is 0 Å². The second kappa shape index (κ2) is 7.56. The molecule has 0 saturated heterocycles. The minimum absolute atomic E-state index is 0.655. The van der Waals surface area contributed by atoms with Crippen molar-refractivity contribution in [3.8, 4) is 22.6 Å². The number of halogens is 1. The molecule has 0 aliphatic carbocycles. The molecule has 0 atom stereocenters.